The molecule has 2 aliphatic carbocycles. The Labute approximate surface area is 294 Å². The van der Waals surface area contributed by atoms with E-state index in [0.29, 0.717) is 0 Å². The van der Waals surface area contributed by atoms with E-state index in [9.17, 15) is 0 Å². The van der Waals surface area contributed by atoms with Crippen molar-refractivity contribution in [3.05, 3.63) is 199 Å². The standard InChI is InChI=1S/C38H35NP2.C5H6.Fe/c1-39(2)38(35-27-17-29-37(35)41(32-22-11-5-12-23-32)33-24-13-6-14-25-33)34-26-15-16-28-36(34)40(30-18-7-3-8-19-30)31-20-9-4-10-21-31;1-2-4-5-3-1;/h3-29,35,38H,1-2H3;1-4H,5H2;/t35?,38-;;/m0../s1. The molecule has 0 saturated heterocycles. The third kappa shape index (κ3) is 8.47. The average molecular weight is 690 g/mol. The van der Waals surface area contributed by atoms with Crippen LogP contribution in [-0.2, 0) is 17.1 Å². The Kier molecular flexibility index (Phi) is 12.9. The number of nitrogens with zero attached hydrogens (tertiary/aromatic N) is 1. The van der Waals surface area contributed by atoms with Gasteiger partial charge < -0.3 is 4.90 Å². The Morgan fingerprint density at radius 3 is 1.38 bits per heavy atom. The van der Waals surface area contributed by atoms with Crippen LogP contribution >= 0.6 is 15.8 Å². The van der Waals surface area contributed by atoms with Gasteiger partial charge in [-0.2, -0.15) is 0 Å². The largest absolute Gasteiger partial charge is 0.301 e. The zero-order valence-corrected chi connectivity index (χ0v) is 29.8. The van der Waals surface area contributed by atoms with E-state index in [-0.39, 0.29) is 29.0 Å². The number of allylic oxidation sites excluding steroid dienone is 6. The Bertz CT molecular complexity index is 1710. The summed E-state index contributed by atoms with van der Waals surface area (Å²) >= 11 is 0. The van der Waals surface area contributed by atoms with Crippen molar-refractivity contribution in [3.63, 3.8) is 0 Å². The van der Waals surface area contributed by atoms with E-state index < -0.39 is 15.8 Å². The molecule has 0 aliphatic heterocycles. The van der Waals surface area contributed by atoms with Gasteiger partial charge in [0.25, 0.3) is 0 Å². The van der Waals surface area contributed by atoms with Crippen LogP contribution < -0.4 is 26.5 Å². The predicted octanol–water partition coefficient (Wildman–Crippen LogP) is 8.75. The van der Waals surface area contributed by atoms with Crippen molar-refractivity contribution >= 4 is 42.4 Å². The molecule has 5 aromatic rings. The summed E-state index contributed by atoms with van der Waals surface area (Å²) < 4.78 is 0. The summed E-state index contributed by atoms with van der Waals surface area (Å²) in [4.78, 5) is 2.43. The molecule has 0 amide bonds. The summed E-state index contributed by atoms with van der Waals surface area (Å²) in [7, 11) is 3.09. The zero-order valence-electron chi connectivity index (χ0n) is 27.0. The number of rotatable bonds is 9. The molecule has 0 spiro atoms. The van der Waals surface area contributed by atoms with Crippen molar-refractivity contribution in [2.45, 2.75) is 12.5 Å². The van der Waals surface area contributed by atoms with Crippen molar-refractivity contribution in [3.8, 4) is 0 Å². The molecule has 5 aromatic carbocycles. The quantitative estimate of drug-likeness (QED) is 0.111. The molecular formula is C43H41FeNP2. The van der Waals surface area contributed by atoms with E-state index in [1.54, 1.807) is 0 Å². The van der Waals surface area contributed by atoms with E-state index in [4.69, 9.17) is 0 Å². The van der Waals surface area contributed by atoms with Gasteiger partial charge in [-0.15, -0.1) is 0 Å². The first-order valence-electron chi connectivity index (χ1n) is 16.0. The van der Waals surface area contributed by atoms with Crippen LogP contribution in [0.2, 0.25) is 0 Å². The predicted molar refractivity (Wildman–Crippen MR) is 204 cm³/mol. The molecule has 1 nitrogen and oxygen atoms in total. The minimum atomic E-state index is -0.721. The fraction of sp³-hybridized carbons (Fsp3) is 0.116. The maximum atomic E-state index is 2.44. The second-order valence-electron chi connectivity index (χ2n) is 11.6. The first kappa shape index (κ1) is 34.7. The summed E-state index contributed by atoms with van der Waals surface area (Å²) in [5.41, 5.74) is 1.41. The molecule has 0 N–H and O–H groups in total. The van der Waals surface area contributed by atoms with Crippen LogP contribution in [0.3, 0.4) is 0 Å². The average Bonchev–Trinajstić information content (AvgIpc) is 3.85. The van der Waals surface area contributed by atoms with Crippen LogP contribution in [0.1, 0.15) is 18.0 Å². The van der Waals surface area contributed by atoms with E-state index >= 15 is 0 Å². The van der Waals surface area contributed by atoms with Crippen molar-refractivity contribution in [2.75, 3.05) is 14.1 Å². The van der Waals surface area contributed by atoms with Gasteiger partial charge in [-0.25, -0.2) is 0 Å². The van der Waals surface area contributed by atoms with E-state index in [1.807, 2.05) is 0 Å². The van der Waals surface area contributed by atoms with Gasteiger partial charge in [0.15, 0.2) is 0 Å². The molecule has 7 rings (SSSR count). The SMILES string of the molecule is C1=CCC=C1.CN(C)[C@@H](c1ccccc1P(c1ccccc1)c1ccccc1)C1C=CC=C1P(c1ccccc1)c1ccccc1.[Fe]. The molecule has 2 atom stereocenters. The minimum Gasteiger partial charge on any atom is -0.301 e. The molecule has 2 aliphatic rings. The molecule has 4 heteroatoms. The van der Waals surface area contributed by atoms with E-state index in [1.165, 1.54) is 37.4 Å². The maximum Gasteiger partial charge on any atom is 0.0452 e. The molecule has 0 radical (unpaired) electrons. The van der Waals surface area contributed by atoms with Gasteiger partial charge in [-0.05, 0) is 73.8 Å². The van der Waals surface area contributed by atoms with Gasteiger partial charge in [0.2, 0.25) is 0 Å². The Hall–Kier alpha value is -3.60. The van der Waals surface area contributed by atoms with Gasteiger partial charge in [0.1, 0.15) is 0 Å². The van der Waals surface area contributed by atoms with Crippen LogP contribution in [0.4, 0.5) is 0 Å². The van der Waals surface area contributed by atoms with Crippen molar-refractivity contribution in [1.29, 1.82) is 0 Å². The summed E-state index contributed by atoms with van der Waals surface area (Å²) in [6, 6.07) is 53.7. The molecule has 1 unspecified atom stereocenters. The minimum absolute atomic E-state index is 0. The molecular weight excluding hydrogens is 648 g/mol. The maximum absolute atomic E-state index is 2.44. The fourth-order valence-electron chi connectivity index (χ4n) is 6.28. The van der Waals surface area contributed by atoms with E-state index in [2.05, 4.69) is 207 Å². The molecule has 0 saturated carbocycles. The third-order valence-corrected chi connectivity index (χ3v) is 13.4. The van der Waals surface area contributed by atoms with E-state index in [0.717, 1.165) is 6.42 Å². The molecule has 47 heavy (non-hydrogen) atoms. The van der Waals surface area contributed by atoms with Crippen molar-refractivity contribution in [1.82, 2.24) is 4.90 Å². The smallest absolute Gasteiger partial charge is 0.0452 e. The molecule has 236 valence electrons. The topological polar surface area (TPSA) is 3.24 Å². The van der Waals surface area contributed by atoms with Crippen molar-refractivity contribution < 1.29 is 17.1 Å². The number of benzene rings is 5. The normalized spacial score (nSPS) is 15.3. The van der Waals surface area contributed by atoms with Crippen LogP contribution in [0.15, 0.2) is 193 Å². The fourth-order valence-corrected chi connectivity index (χ4v) is 11.4. The second kappa shape index (κ2) is 17.5. The molecule has 0 aromatic heterocycles. The summed E-state index contributed by atoms with van der Waals surface area (Å²) in [6.07, 6.45) is 16.6. The summed E-state index contributed by atoms with van der Waals surface area (Å²) in [6.45, 7) is 0. The van der Waals surface area contributed by atoms with Crippen LogP contribution in [0.5, 0.6) is 0 Å². The molecule has 0 bridgehead atoms. The molecule has 0 fully saturated rings. The summed E-state index contributed by atoms with van der Waals surface area (Å²) in [5.74, 6) is 0.265. The Morgan fingerprint density at radius 1 is 0.532 bits per heavy atom. The van der Waals surface area contributed by atoms with Crippen LogP contribution in [0.25, 0.3) is 0 Å². The second-order valence-corrected chi connectivity index (χ2v) is 16.0. The van der Waals surface area contributed by atoms with Gasteiger partial charge in [-0.3, -0.25) is 0 Å². The first-order valence-corrected chi connectivity index (χ1v) is 18.7. The summed E-state index contributed by atoms with van der Waals surface area (Å²) in [5, 5.41) is 8.50. The van der Waals surface area contributed by atoms with Gasteiger partial charge in [0, 0.05) is 29.0 Å². The Morgan fingerprint density at radius 2 is 0.957 bits per heavy atom. The zero-order chi connectivity index (χ0) is 31.6. The van der Waals surface area contributed by atoms with Gasteiger partial charge in [0.05, 0.1) is 0 Å². The van der Waals surface area contributed by atoms with Crippen LogP contribution in [0, 0.1) is 5.92 Å². The molecule has 0 heterocycles. The first-order chi connectivity index (χ1) is 22.7. The van der Waals surface area contributed by atoms with Crippen LogP contribution in [-0.4, -0.2) is 19.0 Å². The monoisotopic (exact) mass is 689 g/mol. The van der Waals surface area contributed by atoms with Gasteiger partial charge >= 0.3 is 0 Å². The van der Waals surface area contributed by atoms with Crippen molar-refractivity contribution in [2.24, 2.45) is 5.92 Å². The number of hydrogen-bond donors (Lipinski definition) is 0. The number of hydrogen-bond acceptors (Lipinski definition) is 1. The third-order valence-electron chi connectivity index (χ3n) is 8.29. The van der Waals surface area contributed by atoms with Gasteiger partial charge in [-0.1, -0.05) is 188 Å². The Balaban J connectivity index is 0.000000662.